The molecule has 2 heterocycles. The minimum atomic E-state index is -0.976. The quantitative estimate of drug-likeness (QED) is 0.187. The molecule has 0 amide bonds. The maximum Gasteiger partial charge on any atom is 0.338 e. The fourth-order valence-corrected chi connectivity index (χ4v) is 5.72. The van der Waals surface area contributed by atoms with Gasteiger partial charge in [0, 0.05) is 17.2 Å². The monoisotopic (exact) mass is 587 g/mol. The average molecular weight is 588 g/mol. The lowest BCUT2D eigenvalue weighted by Gasteiger charge is -2.26. The van der Waals surface area contributed by atoms with Crippen LogP contribution in [0.15, 0.2) is 82.1 Å². The highest BCUT2D eigenvalue weighted by Gasteiger charge is 2.35. The maximum absolute atomic E-state index is 14.0. The number of thiazole rings is 1. The topological polar surface area (TPSA) is 142 Å². The van der Waals surface area contributed by atoms with Gasteiger partial charge in [-0.1, -0.05) is 59.9 Å². The number of esters is 1. The Labute approximate surface area is 243 Å². The first kappa shape index (κ1) is 28.3. The zero-order valence-corrected chi connectivity index (χ0v) is 23.6. The van der Waals surface area contributed by atoms with Gasteiger partial charge in [0.05, 0.1) is 47.6 Å². The van der Waals surface area contributed by atoms with Gasteiger partial charge in [-0.05, 0) is 30.7 Å². The van der Waals surface area contributed by atoms with E-state index in [1.54, 1.807) is 37.3 Å². The van der Waals surface area contributed by atoms with E-state index in [4.69, 9.17) is 19.2 Å². The third kappa shape index (κ3) is 5.03. The third-order valence-corrected chi connectivity index (χ3v) is 7.61. The second-order valence-electron chi connectivity index (χ2n) is 9.02. The zero-order chi connectivity index (χ0) is 30.0. The van der Waals surface area contributed by atoms with E-state index in [0.717, 1.165) is 11.3 Å². The molecule has 1 aliphatic rings. The second-order valence-corrected chi connectivity index (χ2v) is 10.0. The molecule has 1 atom stereocenters. The summed E-state index contributed by atoms with van der Waals surface area (Å²) in [5.74, 6) is -0.368. The van der Waals surface area contributed by atoms with Crippen molar-refractivity contribution < 1.29 is 29.0 Å². The van der Waals surface area contributed by atoms with Crippen LogP contribution in [0.2, 0.25) is 0 Å². The Hall–Kier alpha value is -5.23. The molecule has 0 radical (unpaired) electrons. The molecular formula is C30H25N3O8S. The number of hydrogen-bond acceptors (Lipinski definition) is 10. The number of nitrogens with zero attached hydrogens (tertiary/aromatic N) is 3. The van der Waals surface area contributed by atoms with Crippen molar-refractivity contribution in [1.29, 1.82) is 0 Å². The number of fused-ring (bicyclic) bond motifs is 1. The van der Waals surface area contributed by atoms with Crippen molar-refractivity contribution in [3.63, 3.8) is 0 Å². The molecule has 0 spiro atoms. The molecule has 0 bridgehead atoms. The fraction of sp³-hybridized carbons (Fsp3) is 0.167. The number of nitro benzene ring substituents is 1. The standard InChI is InChI=1S/C30H25N3O8S/c1-4-41-29(36)24-25(17-9-6-5-7-10-17)31-30-32(26(24)18-13-14-21(39-2)22(15-18)40-3)28(35)23(42-30)16-19-11-8-12-20(27(19)34)33(37)38/h5-16,26,34H,4H2,1-3H3. The first-order valence-electron chi connectivity index (χ1n) is 12.8. The Kier molecular flexibility index (Phi) is 7.89. The van der Waals surface area contributed by atoms with Crippen LogP contribution in [-0.2, 0) is 9.53 Å². The molecule has 12 heteroatoms. The van der Waals surface area contributed by atoms with Crippen LogP contribution in [0, 0.1) is 10.1 Å². The van der Waals surface area contributed by atoms with Gasteiger partial charge in [0.1, 0.15) is 0 Å². The van der Waals surface area contributed by atoms with Crippen LogP contribution in [0.3, 0.4) is 0 Å². The van der Waals surface area contributed by atoms with E-state index in [1.807, 2.05) is 18.2 Å². The van der Waals surface area contributed by atoms with Crippen molar-refractivity contribution in [2.45, 2.75) is 13.0 Å². The largest absolute Gasteiger partial charge is 0.502 e. The molecule has 3 aromatic carbocycles. The lowest BCUT2D eigenvalue weighted by Crippen LogP contribution is -2.40. The molecule has 1 N–H and O–H groups in total. The number of aromatic nitrogens is 1. The Morgan fingerprint density at radius 3 is 2.50 bits per heavy atom. The first-order valence-corrected chi connectivity index (χ1v) is 13.6. The summed E-state index contributed by atoms with van der Waals surface area (Å²) in [6.45, 7) is 1.78. The number of phenols is 1. The highest BCUT2D eigenvalue weighted by molar-refractivity contribution is 7.07. The van der Waals surface area contributed by atoms with Gasteiger partial charge in [0.15, 0.2) is 16.3 Å². The number of ether oxygens (including phenoxy) is 3. The lowest BCUT2D eigenvalue weighted by atomic mass is 9.93. The van der Waals surface area contributed by atoms with Crippen molar-refractivity contribution in [3.05, 3.63) is 119 Å². The Balaban J connectivity index is 1.85. The summed E-state index contributed by atoms with van der Waals surface area (Å²) in [4.78, 5) is 43.3. The Morgan fingerprint density at radius 2 is 1.83 bits per heavy atom. The molecule has 0 aliphatic carbocycles. The van der Waals surface area contributed by atoms with Crippen molar-refractivity contribution >= 4 is 34.8 Å². The highest BCUT2D eigenvalue weighted by atomic mass is 32.1. The molecule has 0 saturated carbocycles. The SMILES string of the molecule is CCOC(=O)C1=C(c2ccccc2)N=c2sc(=Cc3cccc([N+](=O)[O-])c3O)c(=O)n2C1c1ccc(OC)c(OC)c1. The van der Waals surface area contributed by atoms with Crippen molar-refractivity contribution in [3.8, 4) is 17.2 Å². The second kappa shape index (κ2) is 11.7. The molecule has 5 rings (SSSR count). The smallest absolute Gasteiger partial charge is 0.338 e. The summed E-state index contributed by atoms with van der Waals surface area (Å²) < 4.78 is 17.9. The number of benzene rings is 3. The van der Waals surface area contributed by atoms with E-state index in [2.05, 4.69) is 0 Å². The number of methoxy groups -OCH3 is 2. The number of para-hydroxylation sites is 1. The minimum Gasteiger partial charge on any atom is -0.502 e. The van der Waals surface area contributed by atoms with E-state index >= 15 is 0 Å². The predicted octanol–water partition coefficient (Wildman–Crippen LogP) is 3.57. The summed E-state index contributed by atoms with van der Waals surface area (Å²) in [7, 11) is 2.98. The van der Waals surface area contributed by atoms with Crippen LogP contribution in [0.5, 0.6) is 17.2 Å². The lowest BCUT2D eigenvalue weighted by molar-refractivity contribution is -0.385. The summed E-state index contributed by atoms with van der Waals surface area (Å²) in [5.41, 5.74) is 0.733. The van der Waals surface area contributed by atoms with Gasteiger partial charge in [0.2, 0.25) is 5.75 Å². The molecule has 0 saturated heterocycles. The Bertz CT molecular complexity index is 1910. The van der Waals surface area contributed by atoms with Gasteiger partial charge in [0.25, 0.3) is 5.56 Å². The summed E-state index contributed by atoms with van der Waals surface area (Å²) >= 11 is 1.03. The molecule has 1 unspecified atom stereocenters. The van der Waals surface area contributed by atoms with Gasteiger partial charge in [-0.25, -0.2) is 9.79 Å². The van der Waals surface area contributed by atoms with Gasteiger partial charge in [-0.2, -0.15) is 0 Å². The van der Waals surface area contributed by atoms with Gasteiger partial charge in [-0.3, -0.25) is 19.5 Å². The van der Waals surface area contributed by atoms with E-state index < -0.39 is 33.9 Å². The van der Waals surface area contributed by atoms with Crippen molar-refractivity contribution in [1.82, 2.24) is 4.57 Å². The molecule has 42 heavy (non-hydrogen) atoms. The average Bonchev–Trinajstić information content (AvgIpc) is 3.31. The van der Waals surface area contributed by atoms with Gasteiger partial charge >= 0.3 is 11.7 Å². The van der Waals surface area contributed by atoms with Crippen LogP contribution < -0.4 is 24.4 Å². The fourth-order valence-electron chi connectivity index (χ4n) is 4.73. The summed E-state index contributed by atoms with van der Waals surface area (Å²) in [6, 6.07) is 17.2. The minimum absolute atomic E-state index is 0.0880. The summed E-state index contributed by atoms with van der Waals surface area (Å²) in [5, 5.41) is 21.9. The maximum atomic E-state index is 14.0. The zero-order valence-electron chi connectivity index (χ0n) is 22.8. The number of carbonyl (C=O) groups is 1. The van der Waals surface area contributed by atoms with Crippen LogP contribution in [-0.4, -0.2) is 41.4 Å². The van der Waals surface area contributed by atoms with Gasteiger partial charge < -0.3 is 19.3 Å². The van der Waals surface area contributed by atoms with E-state index in [1.165, 1.54) is 43.1 Å². The summed E-state index contributed by atoms with van der Waals surface area (Å²) in [6.07, 6.45) is 1.37. The van der Waals surface area contributed by atoms with Gasteiger partial charge in [-0.15, -0.1) is 0 Å². The molecule has 4 aromatic rings. The number of rotatable bonds is 8. The third-order valence-electron chi connectivity index (χ3n) is 6.63. The van der Waals surface area contributed by atoms with E-state index in [-0.39, 0.29) is 27.1 Å². The van der Waals surface area contributed by atoms with E-state index in [9.17, 15) is 24.8 Å². The van der Waals surface area contributed by atoms with Crippen LogP contribution in [0.4, 0.5) is 5.69 Å². The highest BCUT2D eigenvalue weighted by Crippen LogP contribution is 2.38. The predicted molar refractivity (Wildman–Crippen MR) is 155 cm³/mol. The number of phenolic OH excluding ortho intramolecular Hbond substituents is 1. The van der Waals surface area contributed by atoms with Crippen LogP contribution >= 0.6 is 11.3 Å². The molecule has 11 nitrogen and oxygen atoms in total. The molecule has 214 valence electrons. The number of aromatic hydroxyl groups is 1. The van der Waals surface area contributed by atoms with Crippen molar-refractivity contribution in [2.24, 2.45) is 4.99 Å². The molecule has 1 aromatic heterocycles. The molecular weight excluding hydrogens is 562 g/mol. The van der Waals surface area contributed by atoms with E-state index in [0.29, 0.717) is 28.3 Å². The number of hydrogen-bond donors (Lipinski definition) is 1. The molecule has 0 fully saturated rings. The molecule has 1 aliphatic heterocycles. The van der Waals surface area contributed by atoms with Crippen molar-refractivity contribution in [2.75, 3.05) is 20.8 Å². The van der Waals surface area contributed by atoms with Crippen LogP contribution in [0.1, 0.15) is 29.7 Å². The Morgan fingerprint density at radius 1 is 1.10 bits per heavy atom. The number of nitro groups is 1. The first-order chi connectivity index (χ1) is 20.3. The number of carbonyl (C=O) groups excluding carboxylic acids is 1. The normalized spacial score (nSPS) is 14.6. The van der Waals surface area contributed by atoms with Crippen LogP contribution in [0.25, 0.3) is 11.8 Å².